The van der Waals surface area contributed by atoms with E-state index in [4.69, 9.17) is 0 Å². The van der Waals surface area contributed by atoms with Crippen LogP contribution in [0.15, 0.2) is 24.3 Å². The molecule has 0 saturated carbocycles. The Balaban J connectivity index is 1.87. The molecule has 0 amide bonds. The normalized spacial score (nSPS) is 19.1. The molecule has 1 aromatic carbocycles. The zero-order chi connectivity index (χ0) is 14.8. The van der Waals surface area contributed by atoms with Gasteiger partial charge in [-0.15, -0.1) is 0 Å². The molecule has 0 aliphatic carbocycles. The van der Waals surface area contributed by atoms with Crippen molar-refractivity contribution in [1.29, 1.82) is 0 Å². The number of hydrogen-bond donors (Lipinski definition) is 1. The molecular formula is C17H28N2O. The molecule has 1 aromatic rings. The highest BCUT2D eigenvalue weighted by molar-refractivity contribution is 5.48. The van der Waals surface area contributed by atoms with E-state index in [-0.39, 0.29) is 11.5 Å². The van der Waals surface area contributed by atoms with E-state index < -0.39 is 0 Å². The Morgan fingerprint density at radius 1 is 1.15 bits per heavy atom. The number of β-amino-alcohol motifs (C(OH)–C–C–N with tert-alkyl or cyclic N) is 1. The van der Waals surface area contributed by atoms with Gasteiger partial charge in [0.05, 0.1) is 6.10 Å². The van der Waals surface area contributed by atoms with Crippen LogP contribution in [0, 0.1) is 12.3 Å². The topological polar surface area (TPSA) is 26.7 Å². The minimum absolute atomic E-state index is 0.0341. The smallest absolute Gasteiger partial charge is 0.0715 e. The van der Waals surface area contributed by atoms with E-state index in [0.717, 1.165) is 32.7 Å². The Bertz CT molecular complexity index is 431. The second-order valence-electron chi connectivity index (χ2n) is 7.01. The van der Waals surface area contributed by atoms with Gasteiger partial charge in [-0.2, -0.15) is 0 Å². The zero-order valence-corrected chi connectivity index (χ0v) is 13.3. The molecule has 3 heteroatoms. The van der Waals surface area contributed by atoms with Gasteiger partial charge in [0.15, 0.2) is 0 Å². The number of hydrogen-bond acceptors (Lipinski definition) is 3. The van der Waals surface area contributed by atoms with Crippen molar-refractivity contribution in [2.45, 2.75) is 33.8 Å². The van der Waals surface area contributed by atoms with Gasteiger partial charge in [0, 0.05) is 38.4 Å². The predicted octanol–water partition coefficient (Wildman–Crippen LogP) is 2.52. The highest BCUT2D eigenvalue weighted by atomic mass is 16.3. The van der Waals surface area contributed by atoms with Crippen molar-refractivity contribution in [3.8, 4) is 0 Å². The lowest BCUT2D eigenvalue weighted by Crippen LogP contribution is -2.50. The van der Waals surface area contributed by atoms with E-state index in [1.807, 2.05) is 0 Å². The molecule has 0 spiro atoms. The first-order valence-electron chi connectivity index (χ1n) is 7.58. The molecule has 3 nitrogen and oxygen atoms in total. The molecule has 1 unspecified atom stereocenters. The first-order valence-corrected chi connectivity index (χ1v) is 7.58. The molecule has 20 heavy (non-hydrogen) atoms. The van der Waals surface area contributed by atoms with Crippen molar-refractivity contribution < 1.29 is 5.11 Å². The Labute approximate surface area is 123 Å². The van der Waals surface area contributed by atoms with Crippen LogP contribution in [0.25, 0.3) is 0 Å². The minimum Gasteiger partial charge on any atom is -0.391 e. The third-order valence-corrected chi connectivity index (χ3v) is 4.17. The summed E-state index contributed by atoms with van der Waals surface area (Å²) in [7, 11) is 0. The summed E-state index contributed by atoms with van der Waals surface area (Å²) in [6.45, 7) is 13.4. The van der Waals surface area contributed by atoms with Crippen LogP contribution in [0.5, 0.6) is 0 Å². The molecule has 1 heterocycles. The van der Waals surface area contributed by atoms with Crippen LogP contribution in [-0.2, 0) is 0 Å². The number of piperazine rings is 1. The maximum Gasteiger partial charge on any atom is 0.0715 e. The average Bonchev–Trinajstić information content (AvgIpc) is 2.38. The van der Waals surface area contributed by atoms with Gasteiger partial charge >= 0.3 is 0 Å². The lowest BCUT2D eigenvalue weighted by atomic mass is 9.89. The molecule has 112 valence electrons. The molecule has 1 aliphatic heterocycles. The second kappa shape index (κ2) is 6.15. The zero-order valence-electron chi connectivity index (χ0n) is 13.3. The van der Waals surface area contributed by atoms with E-state index in [1.165, 1.54) is 11.3 Å². The number of aliphatic hydroxyl groups is 1. The van der Waals surface area contributed by atoms with E-state index >= 15 is 0 Å². The van der Waals surface area contributed by atoms with Crippen LogP contribution in [0.2, 0.25) is 0 Å². The summed E-state index contributed by atoms with van der Waals surface area (Å²) in [5.74, 6) is 0. The SMILES string of the molecule is Cc1cccc(N2CCN(CC(O)C(C)(C)C)CC2)c1. The maximum absolute atomic E-state index is 10.2. The monoisotopic (exact) mass is 276 g/mol. The third-order valence-electron chi connectivity index (χ3n) is 4.17. The fraction of sp³-hybridized carbons (Fsp3) is 0.647. The van der Waals surface area contributed by atoms with Crippen LogP contribution in [0.4, 0.5) is 5.69 Å². The first-order chi connectivity index (χ1) is 9.36. The number of rotatable bonds is 3. The third kappa shape index (κ3) is 3.97. The summed E-state index contributed by atoms with van der Waals surface area (Å²) >= 11 is 0. The predicted molar refractivity (Wildman–Crippen MR) is 85.3 cm³/mol. The molecule has 1 fully saturated rings. The Kier molecular flexibility index (Phi) is 4.71. The van der Waals surface area contributed by atoms with E-state index in [0.29, 0.717) is 0 Å². The van der Waals surface area contributed by atoms with E-state index in [9.17, 15) is 5.11 Å². The van der Waals surface area contributed by atoms with Crippen molar-refractivity contribution in [2.24, 2.45) is 5.41 Å². The molecular weight excluding hydrogens is 248 g/mol. The molecule has 2 rings (SSSR count). The van der Waals surface area contributed by atoms with Gasteiger partial charge in [0.1, 0.15) is 0 Å². The van der Waals surface area contributed by atoms with Crippen LogP contribution in [0.3, 0.4) is 0 Å². The van der Waals surface area contributed by atoms with Gasteiger partial charge in [-0.3, -0.25) is 4.90 Å². The molecule has 1 atom stereocenters. The fourth-order valence-electron chi connectivity index (χ4n) is 2.53. The van der Waals surface area contributed by atoms with E-state index in [1.54, 1.807) is 0 Å². The summed E-state index contributed by atoms with van der Waals surface area (Å²) in [6, 6.07) is 8.70. The minimum atomic E-state index is -0.256. The molecule has 0 bridgehead atoms. The number of anilines is 1. The van der Waals surface area contributed by atoms with Gasteiger partial charge in [-0.1, -0.05) is 32.9 Å². The highest BCUT2D eigenvalue weighted by Gasteiger charge is 2.26. The van der Waals surface area contributed by atoms with Gasteiger partial charge in [-0.05, 0) is 30.0 Å². The lowest BCUT2D eigenvalue weighted by Gasteiger charge is -2.39. The number of aryl methyl sites for hydroxylation is 1. The largest absolute Gasteiger partial charge is 0.391 e. The van der Waals surface area contributed by atoms with Gasteiger partial charge < -0.3 is 10.0 Å². The van der Waals surface area contributed by atoms with Crippen LogP contribution < -0.4 is 4.90 Å². The lowest BCUT2D eigenvalue weighted by molar-refractivity contribution is 0.0270. The summed E-state index contributed by atoms with van der Waals surface area (Å²) in [5.41, 5.74) is 2.60. The Morgan fingerprint density at radius 2 is 1.80 bits per heavy atom. The molecule has 0 radical (unpaired) electrons. The van der Waals surface area contributed by atoms with Gasteiger partial charge in [0.2, 0.25) is 0 Å². The second-order valence-corrected chi connectivity index (χ2v) is 7.01. The van der Waals surface area contributed by atoms with Gasteiger partial charge in [0.25, 0.3) is 0 Å². The molecule has 1 aliphatic rings. The summed E-state index contributed by atoms with van der Waals surface area (Å²) in [4.78, 5) is 4.81. The molecule has 1 saturated heterocycles. The van der Waals surface area contributed by atoms with Crippen molar-refractivity contribution >= 4 is 5.69 Å². The average molecular weight is 276 g/mol. The Hall–Kier alpha value is -1.06. The van der Waals surface area contributed by atoms with E-state index in [2.05, 4.69) is 61.8 Å². The standard InChI is InChI=1S/C17H28N2O/c1-14-6-5-7-15(12-14)19-10-8-18(9-11-19)13-16(20)17(2,3)4/h5-7,12,16,20H,8-11,13H2,1-4H3. The number of aliphatic hydroxyl groups excluding tert-OH is 1. The molecule has 1 N–H and O–H groups in total. The summed E-state index contributed by atoms with van der Waals surface area (Å²) in [5, 5.41) is 10.2. The van der Waals surface area contributed by atoms with Crippen LogP contribution >= 0.6 is 0 Å². The number of benzene rings is 1. The molecule has 0 aromatic heterocycles. The summed E-state index contributed by atoms with van der Waals surface area (Å²) in [6.07, 6.45) is -0.256. The fourth-order valence-corrected chi connectivity index (χ4v) is 2.53. The maximum atomic E-state index is 10.2. The Morgan fingerprint density at radius 3 is 2.35 bits per heavy atom. The summed E-state index contributed by atoms with van der Waals surface area (Å²) < 4.78 is 0. The van der Waals surface area contributed by atoms with Crippen LogP contribution in [0.1, 0.15) is 26.3 Å². The van der Waals surface area contributed by atoms with Crippen molar-refractivity contribution in [3.05, 3.63) is 29.8 Å². The van der Waals surface area contributed by atoms with Crippen molar-refractivity contribution in [3.63, 3.8) is 0 Å². The van der Waals surface area contributed by atoms with Crippen LogP contribution in [-0.4, -0.2) is 48.8 Å². The van der Waals surface area contributed by atoms with Crippen molar-refractivity contribution in [2.75, 3.05) is 37.6 Å². The first kappa shape index (κ1) is 15.3. The quantitative estimate of drug-likeness (QED) is 0.919. The highest BCUT2D eigenvalue weighted by Crippen LogP contribution is 2.22. The van der Waals surface area contributed by atoms with Crippen molar-refractivity contribution in [1.82, 2.24) is 4.90 Å². The number of nitrogens with zero attached hydrogens (tertiary/aromatic N) is 2. The van der Waals surface area contributed by atoms with Gasteiger partial charge in [-0.25, -0.2) is 0 Å².